The minimum atomic E-state index is -5.33. The number of hydrogen-bond donors (Lipinski definition) is 4. The fraction of sp³-hybridized carbons (Fsp3) is 0.0250. The van der Waals surface area contributed by atoms with Crippen molar-refractivity contribution >= 4 is 120 Å². The zero-order valence-corrected chi connectivity index (χ0v) is 56.5. The third-order valence-electron chi connectivity index (χ3n) is 9.20. The number of phenolic OH excluding ortho intramolecular Hbond substituents is 2. The number of nitrogens with zero attached hydrogens (tertiary/aromatic N) is 7. The summed E-state index contributed by atoms with van der Waals surface area (Å²) in [4.78, 5) is 9.82. The number of nitrogens with one attached hydrogen (secondary N) is 2. The van der Waals surface area contributed by atoms with Gasteiger partial charge in [0.25, 0.3) is 0 Å². The van der Waals surface area contributed by atoms with Crippen LogP contribution in [0.4, 0.5) is 46.0 Å². The molecule has 0 spiro atoms. The van der Waals surface area contributed by atoms with Gasteiger partial charge in [-0.15, -0.1) is 63.7 Å². The Morgan fingerprint density at radius 1 is 0.653 bits per heavy atom. The molecule has 0 aliphatic carbocycles. The molecule has 1 aromatic heterocycles. The van der Waals surface area contributed by atoms with Crippen LogP contribution in [0.2, 0.25) is 5.28 Å². The van der Waals surface area contributed by atoms with Gasteiger partial charge in [0, 0.05) is 44.0 Å². The summed E-state index contributed by atoms with van der Waals surface area (Å²) in [6, 6.07) is 28.8. The van der Waals surface area contributed by atoms with Crippen LogP contribution in [0.3, 0.4) is 0 Å². The molecule has 0 amide bonds. The Balaban J connectivity index is 0.00000370. The van der Waals surface area contributed by atoms with Crippen LogP contribution >= 0.6 is 11.6 Å². The number of rotatable bonds is 12. The zero-order valence-electron chi connectivity index (χ0n) is 39.3. The van der Waals surface area contributed by atoms with Crippen molar-refractivity contribution in [1.82, 2.24) is 15.0 Å². The minimum absolute atomic E-state index is 0. The van der Waals surface area contributed by atoms with Crippen LogP contribution in [-0.4, -0.2) is 71.2 Å². The first-order valence-corrected chi connectivity index (χ1v) is 22.5. The molecule has 0 fully saturated rings. The molecule has 4 N–H and O–H groups in total. The molecule has 0 saturated heterocycles. The zero-order chi connectivity index (χ0) is 46.4. The third kappa shape index (κ3) is 15.9. The van der Waals surface area contributed by atoms with E-state index in [9.17, 15) is 49.1 Å². The van der Waals surface area contributed by atoms with Crippen molar-refractivity contribution < 1.29 is 261 Å². The molecule has 8 aromatic rings. The number of halogens is 1. The van der Waals surface area contributed by atoms with E-state index >= 15 is 0 Å². The normalized spacial score (nSPS) is 11.2. The van der Waals surface area contributed by atoms with Crippen LogP contribution in [0.1, 0.15) is 0 Å². The summed E-state index contributed by atoms with van der Waals surface area (Å²) >= 11 is 6.23. The molecule has 21 nitrogen and oxygen atoms in total. The van der Waals surface area contributed by atoms with E-state index in [0.717, 1.165) is 24.3 Å². The number of azo groups is 2. The Labute approximate surface area is 571 Å². The van der Waals surface area contributed by atoms with Gasteiger partial charge in [0.2, 0.25) is 17.2 Å². The molecule has 32 heteroatoms. The molecule has 0 atom stereocenters. The molecule has 8 rings (SSSR count). The van der Waals surface area contributed by atoms with E-state index in [1.165, 1.54) is 55.6 Å². The Kier molecular flexibility index (Phi) is 28.0. The fourth-order valence-corrected chi connectivity index (χ4v) is 8.79. The number of methoxy groups -OCH3 is 1. The van der Waals surface area contributed by atoms with E-state index in [0.29, 0.717) is 5.75 Å². The summed E-state index contributed by atoms with van der Waals surface area (Å²) in [6.07, 6.45) is 0. The van der Waals surface area contributed by atoms with Crippen molar-refractivity contribution in [2.24, 2.45) is 20.5 Å². The molecule has 0 unspecified atom stereocenters. The number of benzene rings is 7. The second kappa shape index (κ2) is 29.0. The molecular formula is C40H21ClN9Na7O12S3. The second-order valence-electron chi connectivity index (χ2n) is 13.2. The molecule has 7 aromatic carbocycles. The van der Waals surface area contributed by atoms with E-state index < -0.39 is 73.5 Å². The number of aromatic nitrogens is 3. The first kappa shape index (κ1) is 69.6. The number of ether oxygens (including phenoxy) is 1. The van der Waals surface area contributed by atoms with Gasteiger partial charge in [-0.1, -0.05) is 40.0 Å². The van der Waals surface area contributed by atoms with Crippen LogP contribution in [0, 0.1) is 24.3 Å². The summed E-state index contributed by atoms with van der Waals surface area (Å²) in [6.45, 7) is 0. The Morgan fingerprint density at radius 2 is 1.31 bits per heavy atom. The Hall–Kier alpha value is -0.450. The van der Waals surface area contributed by atoms with Crippen LogP contribution < -0.4 is 222 Å². The number of aromatic hydroxyl groups is 2. The van der Waals surface area contributed by atoms with Crippen molar-refractivity contribution in [1.29, 1.82) is 0 Å². The predicted molar refractivity (Wildman–Crippen MR) is 227 cm³/mol. The van der Waals surface area contributed by atoms with E-state index in [4.69, 9.17) is 16.3 Å². The number of hydrogen-bond acceptors (Lipinski definition) is 21. The minimum Gasteiger partial charge on any atom is -0.745 e. The van der Waals surface area contributed by atoms with Gasteiger partial charge in [0.05, 0.1) is 12.0 Å². The van der Waals surface area contributed by atoms with E-state index in [1.807, 2.05) is 0 Å². The van der Waals surface area contributed by atoms with Crippen molar-refractivity contribution in [2.75, 3.05) is 17.7 Å². The van der Waals surface area contributed by atoms with Crippen molar-refractivity contribution in [3.8, 4) is 17.2 Å². The van der Waals surface area contributed by atoms with Gasteiger partial charge in [-0.3, -0.25) is 0 Å². The topological polar surface area (TPSA) is 333 Å². The van der Waals surface area contributed by atoms with E-state index in [-0.39, 0.29) is 274 Å². The molecule has 0 aliphatic rings. The number of anilines is 4. The van der Waals surface area contributed by atoms with Gasteiger partial charge < -0.3 is 39.2 Å². The van der Waals surface area contributed by atoms with Crippen LogP contribution in [0.5, 0.6) is 17.2 Å². The van der Waals surface area contributed by atoms with Gasteiger partial charge in [-0.25, -0.2) is 30.4 Å². The standard InChI is InChI=1S/C40H24ClN9O12S3.7Na/c1-62-30-10-3-2-8-26(30)48-49-28-16-15-25-24(35(28)51)14-17-29(37(25)65(59,60)61)43-40-45-38(41)44-39(46-40)42-27-9-4-7-21-19-32(64(56,57)58)34(36(52)33(21)27)50-47-22-12-13-23-20(18-22)6-5-11-31(23)63(53,54)55;;;;;;;/h3,5-15,17,19,51-52H,1H3,(H,53,54,55)(H,56,57,58)(H,59,60,61)(H2,42,43,44,45,46);;;;;;;/q-4;7*+1/p-3. The maximum absolute atomic E-state index is 12.7. The molecule has 1 heterocycles. The second-order valence-corrected chi connectivity index (χ2v) is 17.6. The van der Waals surface area contributed by atoms with Crippen molar-refractivity contribution in [2.45, 2.75) is 14.7 Å². The van der Waals surface area contributed by atoms with Gasteiger partial charge in [-0.05, 0) is 17.7 Å². The summed E-state index contributed by atoms with van der Waals surface area (Å²) in [5.41, 5.74) is -1.28. The first-order chi connectivity index (χ1) is 30.8. The van der Waals surface area contributed by atoms with Crippen LogP contribution in [-0.2, 0) is 30.4 Å². The number of phenols is 2. The van der Waals surface area contributed by atoms with Crippen molar-refractivity contribution in [3.63, 3.8) is 0 Å². The SMILES string of the molecule is COc1cc[c-]cc1N=Nc1[c-]cc2c(S(=O)(=O)[O-])c(Nc3nc(Cl)nc(Nc4c[c-]cc5cc(S(=O)(=O)[O-])c(N=Nc6[c-]c7cccc(S(=O)(=O)[O-])c7cc6)c(O)c45)n3)ccc2c1O.[Na+].[Na+].[Na+].[Na+].[Na+].[Na+].[Na+]. The number of fused-ring (bicyclic) bond motifs is 3. The third-order valence-corrected chi connectivity index (χ3v) is 12.1. The van der Waals surface area contributed by atoms with E-state index in [1.54, 1.807) is 12.1 Å². The fourth-order valence-electron chi connectivity index (χ4n) is 6.46. The Morgan fingerprint density at radius 3 is 1.94 bits per heavy atom. The first-order valence-electron chi connectivity index (χ1n) is 17.9. The molecule has 0 aliphatic heterocycles. The smallest absolute Gasteiger partial charge is 0.745 e. The summed E-state index contributed by atoms with van der Waals surface area (Å²) in [5.74, 6) is -1.85. The van der Waals surface area contributed by atoms with Crippen LogP contribution in [0.25, 0.3) is 32.3 Å². The van der Waals surface area contributed by atoms with Crippen LogP contribution in [0.15, 0.2) is 120 Å². The monoisotopic (exact) mass is 1110 g/mol. The quantitative estimate of drug-likeness (QED) is 0.0382. The molecule has 330 valence electrons. The maximum Gasteiger partial charge on any atom is 1.00 e. The molecular weight excluding hydrogens is 1090 g/mol. The average Bonchev–Trinajstić information content (AvgIpc) is 3.24. The molecule has 0 bridgehead atoms. The maximum atomic E-state index is 12.7. The van der Waals surface area contributed by atoms with E-state index in [2.05, 4.69) is 70.3 Å². The van der Waals surface area contributed by atoms with Gasteiger partial charge >= 0.3 is 207 Å². The largest absolute Gasteiger partial charge is 1.00 e. The van der Waals surface area contributed by atoms with Gasteiger partial charge in [0.1, 0.15) is 41.8 Å². The average molecular weight is 1110 g/mol. The Bertz CT molecular complexity index is 3730. The molecule has 72 heavy (non-hydrogen) atoms. The van der Waals surface area contributed by atoms with Gasteiger partial charge in [0.15, 0.2) is 0 Å². The summed E-state index contributed by atoms with van der Waals surface area (Å²) in [5, 5.41) is 42.8. The molecule has 0 radical (unpaired) electrons. The summed E-state index contributed by atoms with van der Waals surface area (Å²) in [7, 11) is -14.1. The summed E-state index contributed by atoms with van der Waals surface area (Å²) < 4.78 is 116. The molecule has 0 saturated carbocycles. The predicted octanol–water partition coefficient (Wildman–Crippen LogP) is -13.3. The van der Waals surface area contributed by atoms with Gasteiger partial charge in [-0.2, -0.15) is 67.6 Å². The van der Waals surface area contributed by atoms with Crippen molar-refractivity contribution in [3.05, 3.63) is 114 Å².